The van der Waals surface area contributed by atoms with Gasteiger partial charge < -0.3 is 13.5 Å². The molecule has 1 fully saturated rings. The van der Waals surface area contributed by atoms with Crippen molar-refractivity contribution in [2.24, 2.45) is 18.1 Å². The molecular formula is C22H24N2O3S. The summed E-state index contributed by atoms with van der Waals surface area (Å²) in [5.41, 5.74) is 1.82. The molecule has 0 radical (unpaired) electrons. The summed E-state index contributed by atoms with van der Waals surface area (Å²) in [5.74, 6) is 2.11. The van der Waals surface area contributed by atoms with E-state index in [1.807, 2.05) is 61.0 Å². The molecule has 1 atom stereocenters. The molecule has 1 unspecified atom stereocenters. The van der Waals surface area contributed by atoms with Crippen molar-refractivity contribution < 1.29 is 8.92 Å². The zero-order valence-corrected chi connectivity index (χ0v) is 16.9. The largest absolute Gasteiger partial charge is 0.493 e. The highest BCUT2D eigenvalue weighted by atomic mass is 32.2. The highest BCUT2D eigenvalue weighted by Gasteiger charge is 2.23. The van der Waals surface area contributed by atoms with E-state index in [0.717, 1.165) is 22.3 Å². The van der Waals surface area contributed by atoms with E-state index in [4.69, 9.17) is 14.1 Å². The van der Waals surface area contributed by atoms with Crippen LogP contribution >= 0.6 is 11.0 Å². The standard InChI is InChI=1S/C22H24N2O3S/c1-3-28(23)27-16-10-11-21(26-14-15-8-9-15)19(12-16)20-13-24(2)22(25)18-7-5-4-6-17(18)20/h3-7,10-13,15H,8-9,14,23H2,1-2H3. The fraction of sp³-hybridized carbons (Fsp3) is 0.273. The molecule has 0 aliphatic heterocycles. The molecule has 1 saturated carbocycles. The Labute approximate surface area is 167 Å². The Morgan fingerprint density at radius 1 is 1.18 bits per heavy atom. The Bertz CT molecular complexity index is 1120. The second-order valence-electron chi connectivity index (χ2n) is 7.06. The predicted octanol–water partition coefficient (Wildman–Crippen LogP) is 4.25. The number of fused-ring (bicyclic) bond motifs is 1. The lowest BCUT2D eigenvalue weighted by Gasteiger charge is -2.16. The minimum Gasteiger partial charge on any atom is -0.493 e. The highest BCUT2D eigenvalue weighted by molar-refractivity contribution is 8.09. The van der Waals surface area contributed by atoms with Gasteiger partial charge in [0.25, 0.3) is 5.56 Å². The Balaban J connectivity index is 1.88. The SMILES string of the molecule is C/C=S(/N)Oc1ccc(OCC2CC2)c(-c2cn(C)c(=O)c3ccccc23)c1. The number of nitrogens with zero attached hydrogens (tertiary/aromatic N) is 1. The predicted molar refractivity (Wildman–Crippen MR) is 117 cm³/mol. The van der Waals surface area contributed by atoms with Gasteiger partial charge in [0.2, 0.25) is 0 Å². The average Bonchev–Trinajstić information content (AvgIpc) is 3.54. The van der Waals surface area contributed by atoms with Crippen molar-refractivity contribution in [3.8, 4) is 22.6 Å². The number of ether oxygens (including phenoxy) is 1. The van der Waals surface area contributed by atoms with E-state index < -0.39 is 11.0 Å². The number of hydrogen-bond acceptors (Lipinski definition) is 4. The maximum atomic E-state index is 12.6. The van der Waals surface area contributed by atoms with Crippen LogP contribution in [0.5, 0.6) is 11.5 Å². The number of benzene rings is 2. The lowest BCUT2D eigenvalue weighted by atomic mass is 9.99. The Kier molecular flexibility index (Phi) is 5.24. The molecule has 146 valence electrons. The third kappa shape index (κ3) is 3.84. The van der Waals surface area contributed by atoms with Gasteiger partial charge in [0.15, 0.2) is 0 Å². The van der Waals surface area contributed by atoms with E-state index in [9.17, 15) is 4.79 Å². The van der Waals surface area contributed by atoms with Crippen LogP contribution in [0, 0.1) is 5.92 Å². The summed E-state index contributed by atoms with van der Waals surface area (Å²) in [4.78, 5) is 12.6. The van der Waals surface area contributed by atoms with Gasteiger partial charge in [-0.1, -0.05) is 18.2 Å². The molecule has 1 aliphatic rings. The van der Waals surface area contributed by atoms with Gasteiger partial charge in [-0.05, 0) is 60.7 Å². The van der Waals surface area contributed by atoms with Crippen molar-refractivity contribution in [2.75, 3.05) is 6.61 Å². The smallest absolute Gasteiger partial charge is 0.258 e. The Hall–Kier alpha value is -2.57. The fourth-order valence-corrected chi connectivity index (χ4v) is 3.60. The van der Waals surface area contributed by atoms with E-state index >= 15 is 0 Å². The summed E-state index contributed by atoms with van der Waals surface area (Å²) >= 11 is 0. The first-order valence-corrected chi connectivity index (χ1v) is 10.7. The summed E-state index contributed by atoms with van der Waals surface area (Å²) in [7, 11) is 1.01. The van der Waals surface area contributed by atoms with Crippen molar-refractivity contribution in [2.45, 2.75) is 19.8 Å². The van der Waals surface area contributed by atoms with Crippen molar-refractivity contribution in [3.05, 3.63) is 59.0 Å². The van der Waals surface area contributed by atoms with E-state index in [-0.39, 0.29) is 5.56 Å². The Morgan fingerprint density at radius 3 is 2.64 bits per heavy atom. The van der Waals surface area contributed by atoms with Gasteiger partial charge in [-0.25, -0.2) is 0 Å². The van der Waals surface area contributed by atoms with Gasteiger partial charge in [0, 0.05) is 29.8 Å². The van der Waals surface area contributed by atoms with Crippen LogP contribution in [-0.2, 0) is 7.05 Å². The summed E-state index contributed by atoms with van der Waals surface area (Å²) in [5, 5.41) is 9.34. The van der Waals surface area contributed by atoms with Crippen molar-refractivity contribution >= 4 is 27.1 Å². The van der Waals surface area contributed by atoms with Crippen molar-refractivity contribution in [1.29, 1.82) is 0 Å². The molecule has 0 saturated heterocycles. The maximum absolute atomic E-state index is 12.6. The zero-order valence-electron chi connectivity index (χ0n) is 16.1. The normalized spacial score (nSPS) is 15.0. The van der Waals surface area contributed by atoms with Gasteiger partial charge in [0.1, 0.15) is 11.5 Å². The van der Waals surface area contributed by atoms with E-state index in [1.54, 1.807) is 11.6 Å². The molecule has 3 aromatic rings. The van der Waals surface area contributed by atoms with Crippen LogP contribution in [0.2, 0.25) is 0 Å². The first-order chi connectivity index (χ1) is 13.6. The molecule has 0 bridgehead atoms. The third-order valence-corrected chi connectivity index (χ3v) is 5.78. The van der Waals surface area contributed by atoms with Crippen LogP contribution in [0.25, 0.3) is 21.9 Å². The molecule has 5 nitrogen and oxygen atoms in total. The van der Waals surface area contributed by atoms with Gasteiger partial charge in [-0.3, -0.25) is 9.93 Å². The van der Waals surface area contributed by atoms with Gasteiger partial charge in [-0.2, -0.15) is 0 Å². The van der Waals surface area contributed by atoms with Crippen LogP contribution in [0.3, 0.4) is 0 Å². The number of aromatic nitrogens is 1. The number of aryl methyl sites for hydroxylation is 1. The van der Waals surface area contributed by atoms with Crippen LogP contribution in [0.15, 0.2) is 53.5 Å². The first-order valence-electron chi connectivity index (χ1n) is 9.37. The van der Waals surface area contributed by atoms with E-state index in [2.05, 4.69) is 0 Å². The van der Waals surface area contributed by atoms with Crippen LogP contribution in [0.4, 0.5) is 0 Å². The van der Waals surface area contributed by atoms with Gasteiger partial charge >= 0.3 is 0 Å². The molecule has 2 aromatic carbocycles. The second-order valence-corrected chi connectivity index (χ2v) is 8.36. The molecule has 1 aromatic heterocycles. The second kappa shape index (κ2) is 7.81. The van der Waals surface area contributed by atoms with Gasteiger partial charge in [-0.15, -0.1) is 0 Å². The molecule has 0 amide bonds. The fourth-order valence-electron chi connectivity index (χ4n) is 3.18. The number of rotatable bonds is 6. The monoisotopic (exact) mass is 396 g/mol. The van der Waals surface area contributed by atoms with Gasteiger partial charge in [0.05, 0.1) is 17.6 Å². The lowest BCUT2D eigenvalue weighted by Crippen LogP contribution is -2.16. The first kappa shape index (κ1) is 18.8. The van der Waals surface area contributed by atoms with Crippen LogP contribution in [-0.4, -0.2) is 16.5 Å². The highest BCUT2D eigenvalue weighted by Crippen LogP contribution is 2.39. The summed E-state index contributed by atoms with van der Waals surface area (Å²) in [6.45, 7) is 2.58. The molecule has 4 rings (SSSR count). The summed E-state index contributed by atoms with van der Waals surface area (Å²) in [6, 6.07) is 13.4. The molecule has 0 spiro atoms. The molecule has 6 heteroatoms. The molecule has 28 heavy (non-hydrogen) atoms. The third-order valence-electron chi connectivity index (χ3n) is 4.93. The average molecular weight is 397 g/mol. The summed E-state index contributed by atoms with van der Waals surface area (Å²) in [6.07, 6.45) is 4.31. The quantitative estimate of drug-likeness (QED) is 0.633. The van der Waals surface area contributed by atoms with E-state index in [1.165, 1.54) is 12.8 Å². The van der Waals surface area contributed by atoms with E-state index in [0.29, 0.717) is 23.7 Å². The van der Waals surface area contributed by atoms with Crippen LogP contribution < -0.4 is 19.6 Å². The van der Waals surface area contributed by atoms with Crippen molar-refractivity contribution in [1.82, 2.24) is 4.57 Å². The summed E-state index contributed by atoms with van der Waals surface area (Å²) < 4.78 is 13.6. The minimum atomic E-state index is -0.757. The Morgan fingerprint density at radius 2 is 1.93 bits per heavy atom. The lowest BCUT2D eigenvalue weighted by molar-refractivity contribution is 0.301. The maximum Gasteiger partial charge on any atom is 0.258 e. The number of hydrogen-bond donors (Lipinski definition) is 1. The molecule has 1 aliphatic carbocycles. The topological polar surface area (TPSA) is 66.5 Å². The molecule has 1 heterocycles. The molecule has 2 N–H and O–H groups in total. The number of nitrogens with two attached hydrogens (primary N) is 1. The zero-order chi connectivity index (χ0) is 19.7. The minimum absolute atomic E-state index is 0.0173. The molecular weight excluding hydrogens is 372 g/mol. The van der Waals surface area contributed by atoms with Crippen molar-refractivity contribution in [3.63, 3.8) is 0 Å². The van der Waals surface area contributed by atoms with Crippen LogP contribution in [0.1, 0.15) is 19.8 Å². The number of pyridine rings is 1.